The van der Waals surface area contributed by atoms with Crippen molar-refractivity contribution in [1.29, 1.82) is 0 Å². The molecule has 0 aliphatic rings. The number of carboxylic acids is 1. The number of ether oxygens (including phenoxy) is 1. The number of esters is 1. The SMILES string of the molecule is CCOC(=O)C(C)(C)c1c(C(=O)O)n(CC)c2ccccc12. The number of carbonyl (C=O) groups is 2. The molecule has 5 nitrogen and oxygen atoms in total. The average molecular weight is 303 g/mol. The highest BCUT2D eigenvalue weighted by Gasteiger charge is 2.39. The minimum atomic E-state index is -1.04. The molecule has 0 saturated heterocycles. The molecule has 0 atom stereocenters. The summed E-state index contributed by atoms with van der Waals surface area (Å²) >= 11 is 0. The molecule has 0 fully saturated rings. The van der Waals surface area contributed by atoms with Crippen LogP contribution in [0.15, 0.2) is 24.3 Å². The molecule has 2 rings (SSSR count). The van der Waals surface area contributed by atoms with Crippen LogP contribution in [0, 0.1) is 0 Å². The first kappa shape index (κ1) is 16.1. The molecule has 0 amide bonds. The molecule has 0 unspecified atom stereocenters. The Balaban J connectivity index is 2.85. The summed E-state index contributed by atoms with van der Waals surface area (Å²) in [6.07, 6.45) is 0. The maximum Gasteiger partial charge on any atom is 0.352 e. The maximum atomic E-state index is 12.4. The number of hydrogen-bond acceptors (Lipinski definition) is 3. The summed E-state index contributed by atoms with van der Waals surface area (Å²) in [5.41, 5.74) is 0.441. The van der Waals surface area contributed by atoms with Gasteiger partial charge in [-0.3, -0.25) is 4.79 Å². The van der Waals surface area contributed by atoms with Crippen molar-refractivity contribution in [2.75, 3.05) is 6.61 Å². The third kappa shape index (κ3) is 2.36. The Morgan fingerprint density at radius 1 is 1.23 bits per heavy atom. The summed E-state index contributed by atoms with van der Waals surface area (Å²) in [6.45, 7) is 7.82. The summed E-state index contributed by atoms with van der Waals surface area (Å²) < 4.78 is 6.88. The van der Waals surface area contributed by atoms with Gasteiger partial charge in [0.05, 0.1) is 12.0 Å². The molecular weight excluding hydrogens is 282 g/mol. The number of hydrogen-bond donors (Lipinski definition) is 1. The van der Waals surface area contributed by atoms with Crippen molar-refractivity contribution in [2.24, 2.45) is 0 Å². The fourth-order valence-corrected chi connectivity index (χ4v) is 2.90. The Labute approximate surface area is 129 Å². The number of carbonyl (C=O) groups excluding carboxylic acids is 1. The van der Waals surface area contributed by atoms with E-state index in [1.807, 2.05) is 31.2 Å². The Bertz CT molecular complexity index is 728. The average Bonchev–Trinajstić information content (AvgIpc) is 2.82. The highest BCUT2D eigenvalue weighted by Crippen LogP contribution is 2.37. The van der Waals surface area contributed by atoms with E-state index >= 15 is 0 Å². The van der Waals surface area contributed by atoms with Crippen molar-refractivity contribution < 1.29 is 19.4 Å². The highest BCUT2D eigenvalue weighted by atomic mass is 16.5. The van der Waals surface area contributed by atoms with Gasteiger partial charge < -0.3 is 14.4 Å². The number of aryl methyl sites for hydroxylation is 1. The van der Waals surface area contributed by atoms with Crippen molar-refractivity contribution >= 4 is 22.8 Å². The first-order valence-corrected chi connectivity index (χ1v) is 7.38. The predicted molar refractivity (Wildman–Crippen MR) is 84.2 cm³/mol. The van der Waals surface area contributed by atoms with Gasteiger partial charge in [0.2, 0.25) is 0 Å². The summed E-state index contributed by atoms with van der Waals surface area (Å²) in [5.74, 6) is -1.46. The molecule has 1 aromatic carbocycles. The van der Waals surface area contributed by atoms with Crippen LogP contribution in [0.4, 0.5) is 0 Å². The molecule has 118 valence electrons. The number of carboxylic acid groups (broad SMARTS) is 1. The van der Waals surface area contributed by atoms with E-state index in [0.29, 0.717) is 12.1 Å². The number of rotatable bonds is 5. The molecule has 0 bridgehead atoms. The van der Waals surface area contributed by atoms with Crippen LogP contribution in [-0.4, -0.2) is 28.2 Å². The Hall–Kier alpha value is -2.30. The molecule has 22 heavy (non-hydrogen) atoms. The number of aromatic carboxylic acids is 1. The second-order valence-corrected chi connectivity index (χ2v) is 5.64. The van der Waals surface area contributed by atoms with Crippen LogP contribution in [0.3, 0.4) is 0 Å². The summed E-state index contributed by atoms with van der Waals surface area (Å²) in [7, 11) is 0. The van der Waals surface area contributed by atoms with Crippen molar-refractivity contribution in [3.8, 4) is 0 Å². The zero-order valence-corrected chi connectivity index (χ0v) is 13.3. The van der Waals surface area contributed by atoms with Gasteiger partial charge in [-0.1, -0.05) is 18.2 Å². The second-order valence-electron chi connectivity index (χ2n) is 5.64. The second kappa shape index (κ2) is 5.83. The normalized spacial score (nSPS) is 11.6. The van der Waals surface area contributed by atoms with Crippen LogP contribution >= 0.6 is 0 Å². The van der Waals surface area contributed by atoms with Crippen molar-refractivity contribution in [2.45, 2.75) is 39.7 Å². The first-order chi connectivity index (χ1) is 10.4. The lowest BCUT2D eigenvalue weighted by Gasteiger charge is -2.23. The van der Waals surface area contributed by atoms with Gasteiger partial charge in [-0.15, -0.1) is 0 Å². The molecule has 2 aromatic rings. The van der Waals surface area contributed by atoms with Crippen LogP contribution < -0.4 is 0 Å². The molecular formula is C17H21NO4. The number of fused-ring (bicyclic) bond motifs is 1. The summed E-state index contributed by atoms with van der Waals surface area (Å²) in [4.78, 5) is 24.2. The van der Waals surface area contributed by atoms with E-state index in [1.54, 1.807) is 25.3 Å². The molecule has 1 heterocycles. The van der Waals surface area contributed by atoms with Crippen LogP contribution in [0.1, 0.15) is 43.7 Å². The van der Waals surface area contributed by atoms with E-state index in [0.717, 1.165) is 10.9 Å². The third-order valence-electron chi connectivity index (χ3n) is 3.90. The third-order valence-corrected chi connectivity index (χ3v) is 3.90. The van der Waals surface area contributed by atoms with Crippen LogP contribution in [0.25, 0.3) is 10.9 Å². The lowest BCUT2D eigenvalue weighted by atomic mass is 9.82. The van der Waals surface area contributed by atoms with Crippen molar-refractivity contribution in [1.82, 2.24) is 4.57 Å². The van der Waals surface area contributed by atoms with Crippen LogP contribution in [0.5, 0.6) is 0 Å². The van der Waals surface area contributed by atoms with Gasteiger partial charge >= 0.3 is 11.9 Å². The van der Waals surface area contributed by atoms with Gasteiger partial charge in [0.1, 0.15) is 5.69 Å². The van der Waals surface area contributed by atoms with Gasteiger partial charge in [0.25, 0.3) is 0 Å². The van der Waals surface area contributed by atoms with Gasteiger partial charge in [-0.2, -0.15) is 0 Å². The van der Waals surface area contributed by atoms with E-state index in [1.165, 1.54) is 0 Å². The van der Waals surface area contributed by atoms with Gasteiger partial charge in [-0.25, -0.2) is 4.79 Å². The quantitative estimate of drug-likeness (QED) is 0.861. The van der Waals surface area contributed by atoms with Crippen LogP contribution in [0.2, 0.25) is 0 Å². The Morgan fingerprint density at radius 2 is 1.86 bits per heavy atom. The molecule has 1 N–H and O–H groups in total. The molecule has 0 radical (unpaired) electrons. The molecule has 0 aliphatic carbocycles. The Kier molecular flexibility index (Phi) is 4.26. The number of para-hydroxylation sites is 1. The zero-order chi connectivity index (χ0) is 16.5. The fourth-order valence-electron chi connectivity index (χ4n) is 2.90. The van der Waals surface area contributed by atoms with E-state index in [2.05, 4.69) is 0 Å². The maximum absolute atomic E-state index is 12.4. The molecule has 0 aliphatic heterocycles. The summed E-state index contributed by atoms with van der Waals surface area (Å²) in [5, 5.41) is 10.5. The number of nitrogens with zero attached hydrogens (tertiary/aromatic N) is 1. The van der Waals surface area contributed by atoms with Crippen molar-refractivity contribution in [3.05, 3.63) is 35.5 Å². The van der Waals surface area contributed by atoms with E-state index in [4.69, 9.17) is 4.74 Å². The molecule has 5 heteroatoms. The number of benzene rings is 1. The molecule has 0 saturated carbocycles. The molecule has 1 aromatic heterocycles. The van der Waals surface area contributed by atoms with Crippen LogP contribution in [-0.2, 0) is 21.5 Å². The largest absolute Gasteiger partial charge is 0.477 e. The van der Waals surface area contributed by atoms with E-state index in [-0.39, 0.29) is 12.3 Å². The monoisotopic (exact) mass is 303 g/mol. The minimum Gasteiger partial charge on any atom is -0.477 e. The lowest BCUT2D eigenvalue weighted by molar-refractivity contribution is -0.148. The highest BCUT2D eigenvalue weighted by molar-refractivity contribution is 6.02. The van der Waals surface area contributed by atoms with Gasteiger partial charge in [-0.05, 0) is 33.8 Å². The lowest BCUT2D eigenvalue weighted by Crippen LogP contribution is -2.33. The van der Waals surface area contributed by atoms with E-state index < -0.39 is 17.4 Å². The zero-order valence-electron chi connectivity index (χ0n) is 13.3. The standard InChI is InChI=1S/C17H21NO4/c1-5-18-12-10-8-7-9-11(12)13(14(18)15(19)20)17(3,4)16(21)22-6-2/h7-10H,5-6H2,1-4H3,(H,19,20). The predicted octanol–water partition coefficient (Wildman–Crippen LogP) is 3.20. The first-order valence-electron chi connectivity index (χ1n) is 7.38. The topological polar surface area (TPSA) is 68.5 Å². The smallest absolute Gasteiger partial charge is 0.352 e. The van der Waals surface area contributed by atoms with Gasteiger partial charge in [0, 0.05) is 23.0 Å². The fraction of sp³-hybridized carbons (Fsp3) is 0.412. The molecule has 0 spiro atoms. The van der Waals surface area contributed by atoms with Crippen molar-refractivity contribution in [3.63, 3.8) is 0 Å². The van der Waals surface area contributed by atoms with E-state index in [9.17, 15) is 14.7 Å². The minimum absolute atomic E-state index is 0.154. The van der Waals surface area contributed by atoms with Gasteiger partial charge in [0.15, 0.2) is 0 Å². The Morgan fingerprint density at radius 3 is 2.41 bits per heavy atom. The summed E-state index contributed by atoms with van der Waals surface area (Å²) in [6, 6.07) is 7.43. The number of aromatic nitrogens is 1.